The van der Waals surface area contributed by atoms with E-state index in [0.29, 0.717) is 30.9 Å². The number of nitrogens with zero attached hydrogens (tertiary/aromatic N) is 2. The minimum atomic E-state index is 0.108. The second kappa shape index (κ2) is 7.37. The van der Waals surface area contributed by atoms with Gasteiger partial charge in [-0.15, -0.1) is 0 Å². The van der Waals surface area contributed by atoms with Gasteiger partial charge in [0.25, 0.3) is 0 Å². The minimum absolute atomic E-state index is 0.108. The third-order valence-corrected chi connectivity index (χ3v) is 5.58. The minimum Gasteiger partial charge on any atom is -0.375 e. The van der Waals surface area contributed by atoms with E-state index in [0.717, 1.165) is 43.0 Å². The van der Waals surface area contributed by atoms with E-state index in [1.165, 1.54) is 0 Å². The Morgan fingerprint density at radius 2 is 2.23 bits per heavy atom. The third kappa shape index (κ3) is 3.76. The van der Waals surface area contributed by atoms with E-state index in [9.17, 15) is 4.79 Å². The molecule has 2 aromatic rings. The number of carbonyl (C=O) groups is 1. The highest BCUT2D eigenvalue weighted by molar-refractivity contribution is 5.77. The molecule has 0 bridgehead atoms. The predicted octanol–water partition coefficient (Wildman–Crippen LogP) is 2.11. The fourth-order valence-electron chi connectivity index (χ4n) is 4.06. The molecule has 0 radical (unpaired) electrons. The first-order valence-electron chi connectivity index (χ1n) is 9.67. The lowest BCUT2D eigenvalue weighted by Gasteiger charge is -2.36. The fraction of sp³-hybridized carbons (Fsp3) is 0.600. The van der Waals surface area contributed by atoms with Gasteiger partial charge < -0.3 is 15.0 Å². The Bertz CT molecular complexity index is 739. The molecule has 1 aromatic heterocycles. The summed E-state index contributed by atoms with van der Waals surface area (Å²) in [6, 6.07) is 8.63. The molecule has 2 fully saturated rings. The van der Waals surface area contributed by atoms with Crippen molar-refractivity contribution < 1.29 is 9.53 Å². The summed E-state index contributed by atoms with van der Waals surface area (Å²) in [7, 11) is 0. The van der Waals surface area contributed by atoms with E-state index in [1.807, 2.05) is 24.3 Å². The first-order chi connectivity index (χ1) is 12.6. The lowest BCUT2D eigenvalue weighted by Crippen LogP contribution is -2.48. The van der Waals surface area contributed by atoms with Crippen LogP contribution >= 0.6 is 0 Å². The van der Waals surface area contributed by atoms with Crippen molar-refractivity contribution in [3.05, 3.63) is 30.1 Å². The summed E-state index contributed by atoms with van der Waals surface area (Å²) in [5.74, 6) is 1.52. The van der Waals surface area contributed by atoms with Crippen LogP contribution in [0.2, 0.25) is 0 Å². The van der Waals surface area contributed by atoms with E-state index < -0.39 is 0 Å². The molecule has 2 aliphatic rings. The Hall–Kier alpha value is -1.92. The van der Waals surface area contributed by atoms with Gasteiger partial charge in [-0.2, -0.15) is 0 Å². The normalized spacial score (nSPS) is 26.3. The van der Waals surface area contributed by atoms with E-state index in [2.05, 4.69) is 34.0 Å². The number of aromatic amines is 1. The standard InChI is InChI=1S/C20H28N4O2/c1-13(2)18-11-24-10-14(9-15(24)12-26-18)21-20(25)8-7-19-22-16-5-3-4-6-17(16)23-19/h3-6,13-15,18H,7-12H2,1-2H3,(H,21,25)(H,22,23)/t14-,15-,18+/m0/s1. The highest BCUT2D eigenvalue weighted by atomic mass is 16.5. The highest BCUT2D eigenvalue weighted by Gasteiger charge is 2.38. The second-order valence-corrected chi connectivity index (χ2v) is 7.92. The number of amides is 1. The van der Waals surface area contributed by atoms with Crippen LogP contribution in [0.25, 0.3) is 11.0 Å². The monoisotopic (exact) mass is 356 g/mol. The maximum Gasteiger partial charge on any atom is 0.220 e. The number of aromatic nitrogens is 2. The molecule has 0 aliphatic carbocycles. The van der Waals surface area contributed by atoms with Crippen molar-refractivity contribution in [3.8, 4) is 0 Å². The Balaban J connectivity index is 1.26. The number of nitrogens with one attached hydrogen (secondary N) is 2. The number of para-hydroxylation sites is 2. The second-order valence-electron chi connectivity index (χ2n) is 7.92. The first kappa shape index (κ1) is 17.5. The lowest BCUT2D eigenvalue weighted by molar-refractivity contribution is -0.121. The zero-order valence-corrected chi connectivity index (χ0v) is 15.6. The molecule has 6 heteroatoms. The van der Waals surface area contributed by atoms with E-state index in [4.69, 9.17) is 4.74 Å². The average molecular weight is 356 g/mol. The Morgan fingerprint density at radius 3 is 3.04 bits per heavy atom. The molecule has 2 saturated heterocycles. The molecule has 140 valence electrons. The van der Waals surface area contributed by atoms with E-state index >= 15 is 0 Å². The summed E-state index contributed by atoms with van der Waals surface area (Å²) >= 11 is 0. The van der Waals surface area contributed by atoms with Gasteiger partial charge in [-0.05, 0) is 24.5 Å². The Morgan fingerprint density at radius 1 is 1.38 bits per heavy atom. The third-order valence-electron chi connectivity index (χ3n) is 5.58. The molecule has 0 saturated carbocycles. The highest BCUT2D eigenvalue weighted by Crippen LogP contribution is 2.25. The maximum atomic E-state index is 12.4. The van der Waals surface area contributed by atoms with Crippen molar-refractivity contribution in [3.63, 3.8) is 0 Å². The molecule has 2 aliphatic heterocycles. The SMILES string of the molecule is CC(C)[C@H]1CN2C[C@@H](NC(=O)CCc3nc4ccccc4[nH]3)C[C@H]2CO1. The molecular weight excluding hydrogens is 328 g/mol. The number of aryl methyl sites for hydroxylation is 1. The topological polar surface area (TPSA) is 70.2 Å². The summed E-state index contributed by atoms with van der Waals surface area (Å²) in [6.07, 6.45) is 2.40. The van der Waals surface area contributed by atoms with Crippen LogP contribution in [0.5, 0.6) is 0 Å². The Kier molecular flexibility index (Phi) is 4.96. The number of imidazole rings is 1. The predicted molar refractivity (Wildman–Crippen MR) is 101 cm³/mol. The van der Waals surface area contributed by atoms with Crippen LogP contribution < -0.4 is 5.32 Å². The smallest absolute Gasteiger partial charge is 0.220 e. The molecule has 3 atom stereocenters. The molecule has 0 unspecified atom stereocenters. The van der Waals surface area contributed by atoms with Crippen molar-refractivity contribution in [1.29, 1.82) is 0 Å². The number of ether oxygens (including phenoxy) is 1. The number of fused-ring (bicyclic) bond motifs is 2. The molecule has 3 heterocycles. The van der Waals surface area contributed by atoms with Gasteiger partial charge in [-0.1, -0.05) is 26.0 Å². The average Bonchev–Trinajstić information content (AvgIpc) is 3.21. The molecule has 0 spiro atoms. The van der Waals surface area contributed by atoms with Gasteiger partial charge in [-0.25, -0.2) is 4.98 Å². The van der Waals surface area contributed by atoms with Gasteiger partial charge in [0.15, 0.2) is 0 Å². The van der Waals surface area contributed by atoms with Crippen molar-refractivity contribution >= 4 is 16.9 Å². The number of hydrogen-bond donors (Lipinski definition) is 2. The first-order valence-corrected chi connectivity index (χ1v) is 9.67. The molecular formula is C20H28N4O2. The van der Waals surface area contributed by atoms with Crippen LogP contribution in [0.15, 0.2) is 24.3 Å². The van der Waals surface area contributed by atoms with Crippen molar-refractivity contribution in [1.82, 2.24) is 20.2 Å². The summed E-state index contributed by atoms with van der Waals surface area (Å²) in [5.41, 5.74) is 1.98. The number of hydrogen-bond acceptors (Lipinski definition) is 4. The number of rotatable bonds is 5. The van der Waals surface area contributed by atoms with Gasteiger partial charge in [-0.3, -0.25) is 9.69 Å². The largest absolute Gasteiger partial charge is 0.375 e. The van der Waals surface area contributed by atoms with Gasteiger partial charge in [0, 0.05) is 38.0 Å². The van der Waals surface area contributed by atoms with Crippen LogP contribution in [0.4, 0.5) is 0 Å². The molecule has 6 nitrogen and oxygen atoms in total. The van der Waals surface area contributed by atoms with E-state index in [1.54, 1.807) is 0 Å². The lowest BCUT2D eigenvalue weighted by atomic mass is 10.0. The zero-order valence-electron chi connectivity index (χ0n) is 15.6. The number of benzene rings is 1. The van der Waals surface area contributed by atoms with Crippen molar-refractivity contribution in [2.45, 2.75) is 51.3 Å². The molecule has 1 amide bonds. The van der Waals surface area contributed by atoms with Crippen molar-refractivity contribution in [2.24, 2.45) is 5.92 Å². The number of H-pyrrole nitrogens is 1. The van der Waals surface area contributed by atoms with Gasteiger partial charge >= 0.3 is 0 Å². The summed E-state index contributed by atoms with van der Waals surface area (Å²) in [6.45, 7) is 7.12. The van der Waals surface area contributed by atoms with Crippen molar-refractivity contribution in [2.75, 3.05) is 19.7 Å². The van der Waals surface area contributed by atoms with Crippen LogP contribution in [0, 0.1) is 5.92 Å². The van der Waals surface area contributed by atoms with E-state index in [-0.39, 0.29) is 11.9 Å². The number of morpholine rings is 1. The van der Waals surface area contributed by atoms with Crippen LogP contribution in [0.3, 0.4) is 0 Å². The van der Waals surface area contributed by atoms with Gasteiger partial charge in [0.05, 0.1) is 23.7 Å². The van der Waals surface area contributed by atoms with Crippen LogP contribution in [-0.2, 0) is 16.0 Å². The summed E-state index contributed by atoms with van der Waals surface area (Å²) < 4.78 is 5.97. The maximum absolute atomic E-state index is 12.4. The van der Waals surface area contributed by atoms with Crippen LogP contribution in [-0.4, -0.2) is 58.7 Å². The fourth-order valence-corrected chi connectivity index (χ4v) is 4.06. The molecule has 1 aromatic carbocycles. The molecule has 2 N–H and O–H groups in total. The zero-order chi connectivity index (χ0) is 18.1. The quantitative estimate of drug-likeness (QED) is 0.861. The summed E-state index contributed by atoms with van der Waals surface area (Å²) in [5, 5.41) is 3.21. The van der Waals surface area contributed by atoms with Gasteiger partial charge in [0.1, 0.15) is 5.82 Å². The Labute approximate surface area is 154 Å². The van der Waals surface area contributed by atoms with Gasteiger partial charge in [0.2, 0.25) is 5.91 Å². The summed E-state index contributed by atoms with van der Waals surface area (Å²) in [4.78, 5) is 22.7. The molecule has 26 heavy (non-hydrogen) atoms. The number of carbonyl (C=O) groups excluding carboxylic acids is 1. The molecule has 4 rings (SSSR count). The van der Waals surface area contributed by atoms with Crippen LogP contribution in [0.1, 0.15) is 32.5 Å².